The SMILES string of the molecule is CN1C2CCC1CC(NCCCn1cccn1)C2. The molecular formula is C14H24N4. The van der Waals surface area contributed by atoms with E-state index in [0.717, 1.165) is 31.2 Å². The number of aryl methyl sites for hydroxylation is 1. The van der Waals surface area contributed by atoms with Gasteiger partial charge < -0.3 is 10.2 Å². The first kappa shape index (κ1) is 12.2. The van der Waals surface area contributed by atoms with Crippen molar-refractivity contribution >= 4 is 0 Å². The molecule has 0 amide bonds. The number of hydrogen-bond acceptors (Lipinski definition) is 3. The molecular weight excluding hydrogens is 224 g/mol. The van der Waals surface area contributed by atoms with E-state index in [1.807, 2.05) is 23.1 Å². The molecule has 2 atom stereocenters. The fourth-order valence-electron chi connectivity index (χ4n) is 3.56. The lowest BCUT2D eigenvalue weighted by Gasteiger charge is -2.36. The molecule has 2 aliphatic heterocycles. The Bertz CT molecular complexity index is 348. The van der Waals surface area contributed by atoms with E-state index < -0.39 is 0 Å². The van der Waals surface area contributed by atoms with Gasteiger partial charge in [-0.25, -0.2) is 0 Å². The molecule has 3 heterocycles. The summed E-state index contributed by atoms with van der Waals surface area (Å²) in [5.74, 6) is 0. The number of piperidine rings is 1. The van der Waals surface area contributed by atoms with Gasteiger partial charge >= 0.3 is 0 Å². The lowest BCUT2D eigenvalue weighted by molar-refractivity contribution is 0.148. The molecule has 0 saturated carbocycles. The maximum absolute atomic E-state index is 4.23. The Morgan fingerprint density at radius 2 is 2.06 bits per heavy atom. The standard InChI is InChI=1S/C14H24N4/c1-17-13-4-5-14(17)11-12(10-13)15-6-2-8-18-9-3-7-16-18/h3,7,9,12-15H,2,4-6,8,10-11H2,1H3. The highest BCUT2D eigenvalue weighted by atomic mass is 15.3. The summed E-state index contributed by atoms with van der Waals surface area (Å²) in [6.07, 6.45) is 10.6. The second-order valence-electron chi connectivity index (χ2n) is 5.80. The maximum Gasteiger partial charge on any atom is 0.0489 e. The second-order valence-corrected chi connectivity index (χ2v) is 5.80. The molecule has 4 heteroatoms. The second kappa shape index (κ2) is 5.41. The summed E-state index contributed by atoms with van der Waals surface area (Å²) in [5.41, 5.74) is 0. The number of nitrogens with zero attached hydrogens (tertiary/aromatic N) is 3. The maximum atomic E-state index is 4.23. The third-order valence-corrected chi connectivity index (χ3v) is 4.65. The zero-order valence-electron chi connectivity index (χ0n) is 11.3. The van der Waals surface area contributed by atoms with E-state index in [4.69, 9.17) is 0 Å². The van der Waals surface area contributed by atoms with Crippen LogP contribution in [-0.2, 0) is 6.54 Å². The van der Waals surface area contributed by atoms with Crippen LogP contribution < -0.4 is 5.32 Å². The molecule has 100 valence electrons. The van der Waals surface area contributed by atoms with Gasteiger partial charge in [-0.15, -0.1) is 0 Å². The molecule has 0 spiro atoms. The Hall–Kier alpha value is -0.870. The molecule has 3 rings (SSSR count). The average molecular weight is 248 g/mol. The summed E-state index contributed by atoms with van der Waals surface area (Å²) in [4.78, 5) is 2.60. The van der Waals surface area contributed by atoms with Crippen molar-refractivity contribution in [2.75, 3.05) is 13.6 Å². The van der Waals surface area contributed by atoms with Gasteiger partial charge in [-0.3, -0.25) is 4.68 Å². The summed E-state index contributed by atoms with van der Waals surface area (Å²) >= 11 is 0. The van der Waals surface area contributed by atoms with Crippen molar-refractivity contribution in [2.24, 2.45) is 0 Å². The van der Waals surface area contributed by atoms with Gasteiger partial charge in [0.25, 0.3) is 0 Å². The normalized spacial score (nSPS) is 31.9. The summed E-state index contributed by atoms with van der Waals surface area (Å²) in [6, 6.07) is 4.42. The molecule has 2 saturated heterocycles. The Morgan fingerprint density at radius 1 is 1.28 bits per heavy atom. The molecule has 2 unspecified atom stereocenters. The Kier molecular flexibility index (Phi) is 3.66. The van der Waals surface area contributed by atoms with Gasteiger partial charge in [0.05, 0.1) is 0 Å². The molecule has 0 aliphatic carbocycles. The highest BCUT2D eigenvalue weighted by Gasteiger charge is 2.37. The van der Waals surface area contributed by atoms with Crippen molar-refractivity contribution in [3.8, 4) is 0 Å². The molecule has 0 radical (unpaired) electrons. The number of rotatable bonds is 5. The van der Waals surface area contributed by atoms with Crippen LogP contribution in [0.4, 0.5) is 0 Å². The number of nitrogens with one attached hydrogen (secondary N) is 1. The van der Waals surface area contributed by atoms with Gasteiger partial charge in [-0.05, 0) is 51.8 Å². The minimum Gasteiger partial charge on any atom is -0.314 e. The highest BCUT2D eigenvalue weighted by Crippen LogP contribution is 2.34. The fraction of sp³-hybridized carbons (Fsp3) is 0.786. The van der Waals surface area contributed by atoms with Crippen LogP contribution in [0.15, 0.2) is 18.5 Å². The molecule has 2 fully saturated rings. The quantitative estimate of drug-likeness (QED) is 0.801. The van der Waals surface area contributed by atoms with Gasteiger partial charge in [0.15, 0.2) is 0 Å². The van der Waals surface area contributed by atoms with Crippen LogP contribution in [-0.4, -0.2) is 46.4 Å². The third-order valence-electron chi connectivity index (χ3n) is 4.65. The fourth-order valence-corrected chi connectivity index (χ4v) is 3.56. The van der Waals surface area contributed by atoms with Crippen LogP contribution in [0.1, 0.15) is 32.1 Å². The summed E-state index contributed by atoms with van der Waals surface area (Å²) < 4.78 is 2.01. The van der Waals surface area contributed by atoms with Crippen molar-refractivity contribution in [3.05, 3.63) is 18.5 Å². The minimum atomic E-state index is 0.747. The topological polar surface area (TPSA) is 33.1 Å². The van der Waals surface area contributed by atoms with E-state index in [1.165, 1.54) is 32.1 Å². The number of fused-ring (bicyclic) bond motifs is 2. The van der Waals surface area contributed by atoms with Gasteiger partial charge in [0, 0.05) is 37.1 Å². The summed E-state index contributed by atoms with van der Waals surface area (Å²) in [5, 5.41) is 7.96. The van der Waals surface area contributed by atoms with Gasteiger partial charge in [-0.2, -0.15) is 5.10 Å². The Balaban J connectivity index is 1.37. The van der Waals surface area contributed by atoms with Gasteiger partial charge in [-0.1, -0.05) is 0 Å². The average Bonchev–Trinajstić information content (AvgIpc) is 2.93. The first-order valence-electron chi connectivity index (χ1n) is 7.25. The smallest absolute Gasteiger partial charge is 0.0489 e. The molecule has 18 heavy (non-hydrogen) atoms. The van der Waals surface area contributed by atoms with E-state index in [-0.39, 0.29) is 0 Å². The molecule has 1 aromatic heterocycles. The van der Waals surface area contributed by atoms with Crippen LogP contribution in [0.2, 0.25) is 0 Å². The van der Waals surface area contributed by atoms with E-state index in [1.54, 1.807) is 0 Å². The van der Waals surface area contributed by atoms with Crippen molar-refractivity contribution in [3.63, 3.8) is 0 Å². The lowest BCUT2D eigenvalue weighted by Crippen LogP contribution is -2.47. The zero-order valence-corrected chi connectivity index (χ0v) is 11.3. The first-order valence-corrected chi connectivity index (χ1v) is 7.25. The largest absolute Gasteiger partial charge is 0.314 e. The van der Waals surface area contributed by atoms with Gasteiger partial charge in [0.1, 0.15) is 0 Å². The van der Waals surface area contributed by atoms with Crippen LogP contribution in [0.5, 0.6) is 0 Å². The van der Waals surface area contributed by atoms with E-state index >= 15 is 0 Å². The zero-order chi connectivity index (χ0) is 12.4. The van der Waals surface area contributed by atoms with Crippen LogP contribution in [0, 0.1) is 0 Å². The molecule has 1 N–H and O–H groups in total. The molecule has 2 bridgehead atoms. The number of aromatic nitrogens is 2. The summed E-state index contributed by atoms with van der Waals surface area (Å²) in [7, 11) is 2.30. The molecule has 4 nitrogen and oxygen atoms in total. The molecule has 1 aromatic rings. The van der Waals surface area contributed by atoms with E-state index in [0.29, 0.717) is 0 Å². The van der Waals surface area contributed by atoms with Crippen LogP contribution in [0.25, 0.3) is 0 Å². The van der Waals surface area contributed by atoms with E-state index in [2.05, 4.69) is 22.4 Å². The van der Waals surface area contributed by atoms with Gasteiger partial charge in [0.2, 0.25) is 0 Å². The molecule has 0 aromatic carbocycles. The predicted octanol–water partition coefficient (Wildman–Crippen LogP) is 1.49. The minimum absolute atomic E-state index is 0.747. The summed E-state index contributed by atoms with van der Waals surface area (Å²) in [6.45, 7) is 2.15. The third kappa shape index (κ3) is 2.59. The Labute approximate surface area is 109 Å². The van der Waals surface area contributed by atoms with Crippen LogP contribution in [0.3, 0.4) is 0 Å². The lowest BCUT2D eigenvalue weighted by atomic mass is 9.98. The highest BCUT2D eigenvalue weighted by molar-refractivity contribution is 4.95. The monoisotopic (exact) mass is 248 g/mol. The van der Waals surface area contributed by atoms with Crippen molar-refractivity contribution in [1.82, 2.24) is 20.0 Å². The van der Waals surface area contributed by atoms with Crippen molar-refractivity contribution in [2.45, 2.75) is 56.8 Å². The van der Waals surface area contributed by atoms with Crippen LogP contribution >= 0.6 is 0 Å². The molecule has 2 aliphatic rings. The van der Waals surface area contributed by atoms with Crippen molar-refractivity contribution in [1.29, 1.82) is 0 Å². The van der Waals surface area contributed by atoms with E-state index in [9.17, 15) is 0 Å². The Morgan fingerprint density at radius 3 is 2.72 bits per heavy atom. The number of hydrogen-bond donors (Lipinski definition) is 1. The van der Waals surface area contributed by atoms with Crippen molar-refractivity contribution < 1.29 is 0 Å². The first-order chi connectivity index (χ1) is 8.83. The predicted molar refractivity (Wildman–Crippen MR) is 72.4 cm³/mol.